The maximum Gasteiger partial charge on any atom is 0.305 e. The second-order valence-corrected chi connectivity index (χ2v) is 4.03. The van der Waals surface area contributed by atoms with Gasteiger partial charge in [-0.2, -0.15) is 0 Å². The van der Waals surface area contributed by atoms with Gasteiger partial charge in [-0.05, 0) is 26.3 Å². The standard InChI is InChI=1S/C11H20N2O3/c1-2-16-10(14)6-4-3-5-7-13-8-9(13)11(12)15/h9H,2-8H2,1H3,(H2,12,15)/t9-,13?/m1/s1. The fraction of sp³-hybridized carbons (Fsp3) is 0.818. The number of rotatable bonds is 8. The van der Waals surface area contributed by atoms with Crippen molar-refractivity contribution in [2.24, 2.45) is 5.73 Å². The highest BCUT2D eigenvalue weighted by atomic mass is 16.5. The molecule has 1 aliphatic heterocycles. The van der Waals surface area contributed by atoms with Crippen LogP contribution >= 0.6 is 0 Å². The van der Waals surface area contributed by atoms with E-state index in [-0.39, 0.29) is 17.9 Å². The summed E-state index contributed by atoms with van der Waals surface area (Å²) in [5, 5.41) is 0. The Morgan fingerprint density at radius 1 is 1.38 bits per heavy atom. The fourth-order valence-corrected chi connectivity index (χ4v) is 1.69. The van der Waals surface area contributed by atoms with Crippen molar-refractivity contribution in [2.75, 3.05) is 19.7 Å². The zero-order valence-electron chi connectivity index (χ0n) is 9.78. The molecule has 0 aromatic heterocycles. The molecule has 0 radical (unpaired) electrons. The van der Waals surface area contributed by atoms with Crippen LogP contribution in [0.2, 0.25) is 0 Å². The first-order chi connectivity index (χ1) is 7.65. The summed E-state index contributed by atoms with van der Waals surface area (Å²) in [6, 6.07) is -0.0370. The van der Waals surface area contributed by atoms with Crippen molar-refractivity contribution < 1.29 is 14.3 Å². The third-order valence-electron chi connectivity index (χ3n) is 2.67. The Morgan fingerprint density at radius 3 is 2.69 bits per heavy atom. The molecular formula is C11H20N2O3. The van der Waals surface area contributed by atoms with Gasteiger partial charge in [0.2, 0.25) is 5.91 Å². The van der Waals surface area contributed by atoms with Gasteiger partial charge < -0.3 is 10.5 Å². The lowest BCUT2D eigenvalue weighted by atomic mass is 10.2. The fourth-order valence-electron chi connectivity index (χ4n) is 1.69. The van der Waals surface area contributed by atoms with Gasteiger partial charge in [-0.3, -0.25) is 14.5 Å². The molecule has 5 nitrogen and oxygen atoms in total. The van der Waals surface area contributed by atoms with E-state index in [0.717, 1.165) is 32.4 Å². The molecule has 1 fully saturated rings. The number of ether oxygens (including phenoxy) is 1. The topological polar surface area (TPSA) is 72.4 Å². The molecule has 0 aromatic rings. The lowest BCUT2D eigenvalue weighted by Crippen LogP contribution is -2.22. The van der Waals surface area contributed by atoms with E-state index in [1.54, 1.807) is 0 Å². The molecule has 0 aromatic carbocycles. The smallest absolute Gasteiger partial charge is 0.305 e. The minimum absolute atomic E-state index is 0.0370. The predicted octanol–water partition coefficient (Wildman–Crippen LogP) is 0.279. The molecule has 1 aliphatic rings. The van der Waals surface area contributed by atoms with E-state index in [0.29, 0.717) is 13.0 Å². The Kier molecular flexibility index (Phi) is 5.25. The number of hydrogen-bond acceptors (Lipinski definition) is 4. The molecule has 0 bridgehead atoms. The van der Waals surface area contributed by atoms with Crippen LogP contribution in [0.3, 0.4) is 0 Å². The van der Waals surface area contributed by atoms with Gasteiger partial charge in [-0.1, -0.05) is 6.42 Å². The van der Waals surface area contributed by atoms with Crippen molar-refractivity contribution in [3.8, 4) is 0 Å². The molecule has 1 amide bonds. The molecule has 1 unspecified atom stereocenters. The average molecular weight is 228 g/mol. The van der Waals surface area contributed by atoms with E-state index >= 15 is 0 Å². The minimum atomic E-state index is -0.230. The first-order valence-electron chi connectivity index (χ1n) is 5.84. The van der Waals surface area contributed by atoms with Crippen molar-refractivity contribution in [2.45, 2.75) is 38.6 Å². The van der Waals surface area contributed by atoms with Gasteiger partial charge in [0.25, 0.3) is 0 Å². The lowest BCUT2D eigenvalue weighted by Gasteiger charge is -2.03. The largest absolute Gasteiger partial charge is 0.466 e. The summed E-state index contributed by atoms with van der Waals surface area (Å²) in [5.74, 6) is -0.351. The molecule has 2 atom stereocenters. The molecule has 1 rings (SSSR count). The average Bonchev–Trinajstić information content (AvgIpc) is 2.97. The summed E-state index contributed by atoms with van der Waals surface area (Å²) in [5.41, 5.74) is 5.15. The summed E-state index contributed by atoms with van der Waals surface area (Å²) in [7, 11) is 0. The van der Waals surface area contributed by atoms with E-state index < -0.39 is 0 Å². The maximum atomic E-state index is 11.0. The zero-order chi connectivity index (χ0) is 12.0. The lowest BCUT2D eigenvalue weighted by molar-refractivity contribution is -0.143. The molecule has 1 saturated heterocycles. The van der Waals surface area contributed by atoms with Gasteiger partial charge in [0.15, 0.2) is 0 Å². The van der Waals surface area contributed by atoms with Crippen molar-refractivity contribution >= 4 is 11.9 Å². The van der Waals surface area contributed by atoms with Crippen molar-refractivity contribution in [1.82, 2.24) is 4.90 Å². The number of primary amides is 1. The highest BCUT2D eigenvalue weighted by Gasteiger charge is 2.37. The number of nitrogens with zero attached hydrogens (tertiary/aromatic N) is 1. The van der Waals surface area contributed by atoms with Crippen LogP contribution in [0.4, 0.5) is 0 Å². The monoisotopic (exact) mass is 228 g/mol. The number of amides is 1. The Bertz CT molecular complexity index is 256. The summed E-state index contributed by atoms with van der Waals surface area (Å²) >= 11 is 0. The second-order valence-electron chi connectivity index (χ2n) is 4.03. The number of carbonyl (C=O) groups is 2. The summed E-state index contributed by atoms with van der Waals surface area (Å²) in [6.07, 6.45) is 3.34. The minimum Gasteiger partial charge on any atom is -0.466 e. The van der Waals surface area contributed by atoms with Crippen LogP contribution in [-0.4, -0.2) is 42.5 Å². The zero-order valence-corrected chi connectivity index (χ0v) is 9.78. The van der Waals surface area contributed by atoms with E-state index in [1.165, 1.54) is 0 Å². The SMILES string of the molecule is CCOC(=O)CCCCCN1C[C@@H]1C(N)=O. The van der Waals surface area contributed by atoms with Gasteiger partial charge >= 0.3 is 5.97 Å². The van der Waals surface area contributed by atoms with Crippen LogP contribution in [0.1, 0.15) is 32.6 Å². The Hall–Kier alpha value is -1.10. The molecule has 5 heteroatoms. The first kappa shape index (κ1) is 13.0. The molecule has 1 heterocycles. The van der Waals surface area contributed by atoms with E-state index in [2.05, 4.69) is 0 Å². The predicted molar refractivity (Wildman–Crippen MR) is 59.7 cm³/mol. The van der Waals surface area contributed by atoms with Crippen LogP contribution in [0.5, 0.6) is 0 Å². The highest BCUT2D eigenvalue weighted by Crippen LogP contribution is 2.17. The Morgan fingerprint density at radius 2 is 2.12 bits per heavy atom. The highest BCUT2D eigenvalue weighted by molar-refractivity contribution is 5.82. The second kappa shape index (κ2) is 6.48. The van der Waals surface area contributed by atoms with Gasteiger partial charge in [0.05, 0.1) is 6.61 Å². The van der Waals surface area contributed by atoms with Crippen LogP contribution < -0.4 is 5.73 Å². The Labute approximate surface area is 95.9 Å². The molecule has 0 spiro atoms. The molecule has 92 valence electrons. The number of unbranched alkanes of at least 4 members (excludes halogenated alkanes) is 2. The summed E-state index contributed by atoms with van der Waals surface area (Å²) < 4.78 is 4.82. The summed E-state index contributed by atoms with van der Waals surface area (Å²) in [6.45, 7) is 3.96. The normalized spacial score (nSPS) is 22.8. The van der Waals surface area contributed by atoms with E-state index in [4.69, 9.17) is 10.5 Å². The molecular weight excluding hydrogens is 208 g/mol. The van der Waals surface area contributed by atoms with Crippen LogP contribution in [0.25, 0.3) is 0 Å². The summed E-state index contributed by atoms with van der Waals surface area (Å²) in [4.78, 5) is 23.8. The van der Waals surface area contributed by atoms with Crippen LogP contribution in [0, 0.1) is 0 Å². The maximum absolute atomic E-state index is 11.0. The van der Waals surface area contributed by atoms with E-state index in [1.807, 2.05) is 11.8 Å². The van der Waals surface area contributed by atoms with Gasteiger partial charge in [0, 0.05) is 13.0 Å². The third kappa shape index (κ3) is 4.61. The third-order valence-corrected chi connectivity index (χ3v) is 2.67. The van der Waals surface area contributed by atoms with Crippen LogP contribution in [0.15, 0.2) is 0 Å². The van der Waals surface area contributed by atoms with E-state index in [9.17, 15) is 9.59 Å². The van der Waals surface area contributed by atoms with Crippen molar-refractivity contribution in [3.05, 3.63) is 0 Å². The first-order valence-corrected chi connectivity index (χ1v) is 5.84. The van der Waals surface area contributed by atoms with Gasteiger partial charge in [0.1, 0.15) is 6.04 Å². The van der Waals surface area contributed by atoms with Crippen molar-refractivity contribution in [3.63, 3.8) is 0 Å². The molecule has 0 aliphatic carbocycles. The van der Waals surface area contributed by atoms with Gasteiger partial charge in [-0.15, -0.1) is 0 Å². The van der Waals surface area contributed by atoms with Gasteiger partial charge in [-0.25, -0.2) is 0 Å². The molecule has 2 N–H and O–H groups in total. The molecule has 16 heavy (non-hydrogen) atoms. The number of hydrogen-bond donors (Lipinski definition) is 1. The molecule has 0 saturated carbocycles. The number of carbonyl (C=O) groups excluding carboxylic acids is 2. The number of esters is 1. The van der Waals surface area contributed by atoms with Crippen molar-refractivity contribution in [1.29, 1.82) is 0 Å². The number of nitrogens with two attached hydrogens (primary N) is 1. The quantitative estimate of drug-likeness (QED) is 0.368. The Balaban J connectivity index is 1.90. The van der Waals surface area contributed by atoms with Crippen LogP contribution in [-0.2, 0) is 14.3 Å².